The largest absolute Gasteiger partial charge is 0.332 e. The average Bonchev–Trinajstić information content (AvgIpc) is 2.86. The predicted octanol–water partition coefficient (Wildman–Crippen LogP) is 1.30. The van der Waals surface area contributed by atoms with E-state index < -0.39 is 10.0 Å². The normalized spacial score (nSPS) is 12.0. The summed E-state index contributed by atoms with van der Waals surface area (Å²) < 4.78 is 28.0. The smallest absolute Gasteiger partial charge is 0.280 e. The Hall–Kier alpha value is -1.83. The van der Waals surface area contributed by atoms with E-state index in [4.69, 9.17) is 0 Å². The quantitative estimate of drug-likeness (QED) is 0.874. The number of aryl methyl sites for hydroxylation is 1. The van der Waals surface area contributed by atoms with Gasteiger partial charge in [-0.25, -0.2) is 4.98 Å². The summed E-state index contributed by atoms with van der Waals surface area (Å²) >= 11 is 0. The fraction of sp³-hybridized carbons (Fsp3) is 0.400. The SMILES string of the molecule is Cc1ncc(S(=O)(=O)Nc2ccn(C(C)C)n2)[nH]1. The Bertz CT molecular complexity index is 641. The number of sulfonamides is 1. The van der Waals surface area contributed by atoms with Crippen LogP contribution < -0.4 is 4.72 Å². The first kappa shape index (κ1) is 12.6. The number of nitrogens with one attached hydrogen (secondary N) is 2. The second kappa shape index (κ2) is 4.45. The Labute approximate surface area is 105 Å². The zero-order chi connectivity index (χ0) is 13.3. The van der Waals surface area contributed by atoms with Crippen LogP contribution in [0.25, 0.3) is 0 Å². The van der Waals surface area contributed by atoms with Gasteiger partial charge in [-0.3, -0.25) is 9.40 Å². The molecule has 0 fully saturated rings. The van der Waals surface area contributed by atoms with Crippen LogP contribution in [0.15, 0.2) is 23.5 Å². The van der Waals surface area contributed by atoms with Crippen molar-refractivity contribution in [1.29, 1.82) is 0 Å². The Morgan fingerprint density at radius 3 is 2.67 bits per heavy atom. The van der Waals surface area contributed by atoms with E-state index in [2.05, 4.69) is 19.8 Å². The summed E-state index contributed by atoms with van der Waals surface area (Å²) in [5, 5.41) is 4.15. The van der Waals surface area contributed by atoms with Crippen molar-refractivity contribution in [3.05, 3.63) is 24.3 Å². The van der Waals surface area contributed by atoms with Crippen LogP contribution in [-0.4, -0.2) is 28.2 Å². The highest BCUT2D eigenvalue weighted by Gasteiger charge is 2.17. The van der Waals surface area contributed by atoms with Crippen molar-refractivity contribution in [1.82, 2.24) is 19.7 Å². The number of nitrogens with zero attached hydrogens (tertiary/aromatic N) is 3. The molecule has 0 saturated carbocycles. The summed E-state index contributed by atoms with van der Waals surface area (Å²) in [5.74, 6) is 0.832. The summed E-state index contributed by atoms with van der Waals surface area (Å²) in [6, 6.07) is 1.79. The van der Waals surface area contributed by atoms with Crippen LogP contribution in [0.3, 0.4) is 0 Å². The highest BCUT2D eigenvalue weighted by molar-refractivity contribution is 7.92. The van der Waals surface area contributed by atoms with Gasteiger partial charge in [0.05, 0.1) is 6.20 Å². The third-order valence-electron chi connectivity index (χ3n) is 2.35. The van der Waals surface area contributed by atoms with Crippen LogP contribution in [0.5, 0.6) is 0 Å². The van der Waals surface area contributed by atoms with E-state index in [1.165, 1.54) is 6.20 Å². The van der Waals surface area contributed by atoms with Crippen molar-refractivity contribution in [2.24, 2.45) is 0 Å². The fourth-order valence-corrected chi connectivity index (χ4v) is 2.38. The lowest BCUT2D eigenvalue weighted by molar-refractivity contribution is 0.534. The molecule has 98 valence electrons. The van der Waals surface area contributed by atoms with E-state index in [0.717, 1.165) is 0 Å². The monoisotopic (exact) mass is 269 g/mol. The molecule has 0 aliphatic rings. The summed E-state index contributed by atoms with van der Waals surface area (Å²) in [7, 11) is -3.65. The zero-order valence-corrected chi connectivity index (χ0v) is 11.2. The molecular formula is C10H15N5O2S. The maximum absolute atomic E-state index is 12.0. The molecule has 0 aromatic carbocycles. The average molecular weight is 269 g/mol. The van der Waals surface area contributed by atoms with Crippen LogP contribution in [-0.2, 0) is 10.0 Å². The molecule has 2 N–H and O–H groups in total. The molecule has 0 unspecified atom stereocenters. The molecule has 8 heteroatoms. The van der Waals surface area contributed by atoms with Crippen molar-refractivity contribution in [2.45, 2.75) is 31.8 Å². The Morgan fingerprint density at radius 1 is 1.44 bits per heavy atom. The van der Waals surface area contributed by atoms with Crippen molar-refractivity contribution in [3.63, 3.8) is 0 Å². The second-order valence-corrected chi connectivity index (χ2v) is 5.86. The van der Waals surface area contributed by atoms with E-state index in [-0.39, 0.29) is 16.9 Å². The topological polar surface area (TPSA) is 92.7 Å². The Kier molecular flexibility index (Phi) is 3.12. The highest BCUT2D eigenvalue weighted by atomic mass is 32.2. The lowest BCUT2D eigenvalue weighted by Gasteiger charge is -2.05. The minimum Gasteiger partial charge on any atom is -0.332 e. The molecule has 0 atom stereocenters. The van der Waals surface area contributed by atoms with Crippen molar-refractivity contribution < 1.29 is 8.42 Å². The molecule has 2 aromatic heterocycles. The summed E-state index contributed by atoms with van der Waals surface area (Å²) in [5.41, 5.74) is 0. The first-order chi connectivity index (χ1) is 8.38. The molecular weight excluding hydrogens is 254 g/mol. The summed E-state index contributed by atoms with van der Waals surface area (Å²) in [4.78, 5) is 6.53. The van der Waals surface area contributed by atoms with Crippen LogP contribution in [0.2, 0.25) is 0 Å². The van der Waals surface area contributed by atoms with Crippen molar-refractivity contribution in [3.8, 4) is 0 Å². The van der Waals surface area contributed by atoms with E-state index in [0.29, 0.717) is 5.82 Å². The van der Waals surface area contributed by atoms with Crippen LogP contribution >= 0.6 is 0 Å². The molecule has 0 spiro atoms. The van der Waals surface area contributed by atoms with Gasteiger partial charge in [0.25, 0.3) is 10.0 Å². The fourth-order valence-electron chi connectivity index (χ4n) is 1.41. The van der Waals surface area contributed by atoms with Gasteiger partial charge >= 0.3 is 0 Å². The maximum atomic E-state index is 12.0. The van der Waals surface area contributed by atoms with Crippen molar-refractivity contribution >= 4 is 15.8 Å². The molecule has 0 bridgehead atoms. The molecule has 2 rings (SSSR count). The van der Waals surface area contributed by atoms with Gasteiger partial charge in [0, 0.05) is 18.3 Å². The van der Waals surface area contributed by atoms with Gasteiger partial charge in [0.15, 0.2) is 10.8 Å². The maximum Gasteiger partial charge on any atom is 0.280 e. The number of imidazole rings is 1. The van der Waals surface area contributed by atoms with Gasteiger partial charge in [0.1, 0.15) is 5.82 Å². The number of hydrogen-bond acceptors (Lipinski definition) is 4. The van der Waals surface area contributed by atoms with E-state index in [1.54, 1.807) is 23.9 Å². The Balaban J connectivity index is 2.22. The third kappa shape index (κ3) is 2.53. The molecule has 18 heavy (non-hydrogen) atoms. The molecule has 0 radical (unpaired) electrons. The summed E-state index contributed by atoms with van der Waals surface area (Å²) in [6.45, 7) is 5.61. The van der Waals surface area contributed by atoms with Crippen molar-refractivity contribution in [2.75, 3.05) is 4.72 Å². The van der Waals surface area contributed by atoms with Gasteiger partial charge in [-0.05, 0) is 20.8 Å². The lowest BCUT2D eigenvalue weighted by atomic mass is 10.4. The zero-order valence-electron chi connectivity index (χ0n) is 10.4. The first-order valence-corrected chi connectivity index (χ1v) is 6.96. The highest BCUT2D eigenvalue weighted by Crippen LogP contribution is 2.13. The molecule has 2 aromatic rings. The second-order valence-electron chi connectivity index (χ2n) is 4.21. The number of H-pyrrole nitrogens is 1. The molecule has 7 nitrogen and oxygen atoms in total. The van der Waals surface area contributed by atoms with Gasteiger partial charge in [-0.2, -0.15) is 13.5 Å². The van der Waals surface area contributed by atoms with Crippen LogP contribution in [0.4, 0.5) is 5.82 Å². The lowest BCUT2D eigenvalue weighted by Crippen LogP contribution is -2.14. The van der Waals surface area contributed by atoms with E-state index in [9.17, 15) is 8.42 Å². The van der Waals surface area contributed by atoms with Gasteiger partial charge in [-0.1, -0.05) is 0 Å². The number of rotatable bonds is 4. The standard InChI is InChI=1S/C10H15N5O2S/c1-7(2)15-5-4-9(13-15)14-18(16,17)10-6-11-8(3)12-10/h4-7H,1-3H3,(H,11,12)(H,13,14). The van der Waals surface area contributed by atoms with Gasteiger partial charge in [0.2, 0.25) is 0 Å². The molecule has 0 aliphatic carbocycles. The summed E-state index contributed by atoms with van der Waals surface area (Å²) in [6.07, 6.45) is 3.00. The molecule has 2 heterocycles. The number of hydrogen-bond donors (Lipinski definition) is 2. The van der Waals surface area contributed by atoms with E-state index in [1.807, 2.05) is 13.8 Å². The Morgan fingerprint density at radius 2 is 2.17 bits per heavy atom. The van der Waals surface area contributed by atoms with Gasteiger partial charge < -0.3 is 4.98 Å². The minimum absolute atomic E-state index is 0.0269. The number of anilines is 1. The first-order valence-electron chi connectivity index (χ1n) is 5.48. The van der Waals surface area contributed by atoms with Crippen LogP contribution in [0, 0.1) is 6.92 Å². The third-order valence-corrected chi connectivity index (χ3v) is 3.61. The molecule has 0 aliphatic heterocycles. The molecule has 0 amide bonds. The van der Waals surface area contributed by atoms with Crippen LogP contribution in [0.1, 0.15) is 25.7 Å². The molecule has 0 saturated heterocycles. The van der Waals surface area contributed by atoms with Gasteiger partial charge in [-0.15, -0.1) is 0 Å². The predicted molar refractivity (Wildman–Crippen MR) is 66.7 cm³/mol. The number of aromatic nitrogens is 4. The minimum atomic E-state index is -3.65. The van der Waals surface area contributed by atoms with E-state index >= 15 is 0 Å². The number of aromatic amines is 1.